The summed E-state index contributed by atoms with van der Waals surface area (Å²) in [7, 11) is 3.26. The van der Waals surface area contributed by atoms with Gasteiger partial charge in [0.15, 0.2) is 0 Å². The lowest BCUT2D eigenvalue weighted by atomic mass is 10.0. The number of piperazine rings is 2. The molecule has 2 atom stereocenters. The van der Waals surface area contributed by atoms with Crippen molar-refractivity contribution in [1.29, 1.82) is 0 Å². The maximum Gasteiger partial charge on any atom is 0.418 e. The summed E-state index contributed by atoms with van der Waals surface area (Å²) < 4.78 is 23.7. The molecular formula is C50H72N6O6. The van der Waals surface area contributed by atoms with Crippen LogP contribution in [0.4, 0.5) is 0 Å². The van der Waals surface area contributed by atoms with Crippen molar-refractivity contribution in [2.24, 2.45) is 0 Å². The molecule has 0 saturated carbocycles. The summed E-state index contributed by atoms with van der Waals surface area (Å²) in [6.45, 7) is 14.7. The molecule has 0 aliphatic carbocycles. The molecule has 2 aliphatic heterocycles. The summed E-state index contributed by atoms with van der Waals surface area (Å²) in [6.07, 6.45) is 17.4. The van der Waals surface area contributed by atoms with E-state index in [9.17, 15) is 9.59 Å². The first-order valence-electron chi connectivity index (χ1n) is 23.5. The van der Waals surface area contributed by atoms with Gasteiger partial charge in [-0.15, -0.1) is 0 Å². The standard InChI is InChI=1S/C50H72N6O6/c1-5-7-9-11-13-15-25-53-27-31-55(32-28-53)37-47(41-21-23-51-45-19-17-39(59-3)35-43(41)45)61-49(57)50(58)62-48(42-22-24-52-46-20-18-40(60-4)36-44(42)46)38-56-33-29-54(30-34-56)26-16-14-12-10-8-6-2/h17-24,35-36,47-48H,5-16,25-34,37-38H2,1-4H3/t47-,48-/m1/s1. The highest BCUT2D eigenvalue weighted by atomic mass is 16.6. The van der Waals surface area contributed by atoms with Gasteiger partial charge in [-0.25, -0.2) is 9.59 Å². The lowest BCUT2D eigenvalue weighted by Gasteiger charge is -2.37. The number of nitrogens with zero attached hydrogens (tertiary/aromatic N) is 6. The van der Waals surface area contributed by atoms with E-state index in [1.165, 1.54) is 77.0 Å². The van der Waals surface area contributed by atoms with E-state index in [0.29, 0.717) is 24.6 Å². The van der Waals surface area contributed by atoms with Crippen LogP contribution in [0.25, 0.3) is 21.8 Å². The number of hydrogen-bond donors (Lipinski definition) is 0. The second kappa shape index (κ2) is 25.1. The van der Waals surface area contributed by atoms with Crippen LogP contribution in [-0.2, 0) is 19.1 Å². The first-order valence-corrected chi connectivity index (χ1v) is 23.5. The topological polar surface area (TPSA) is 110 Å². The maximum absolute atomic E-state index is 14.1. The minimum absolute atomic E-state index is 0.432. The van der Waals surface area contributed by atoms with Gasteiger partial charge in [0.05, 0.1) is 25.3 Å². The zero-order chi connectivity index (χ0) is 43.5. The number of methoxy groups -OCH3 is 2. The van der Waals surface area contributed by atoms with Crippen molar-refractivity contribution in [2.45, 2.75) is 103 Å². The van der Waals surface area contributed by atoms with Gasteiger partial charge in [-0.1, -0.05) is 78.1 Å². The molecule has 0 N–H and O–H groups in total. The number of hydrogen-bond acceptors (Lipinski definition) is 12. The summed E-state index contributed by atoms with van der Waals surface area (Å²) in [4.78, 5) is 47.2. The third-order valence-electron chi connectivity index (χ3n) is 12.8. The summed E-state index contributed by atoms with van der Waals surface area (Å²) in [6, 6.07) is 15.1. The minimum atomic E-state index is -1.02. The Labute approximate surface area is 370 Å². The van der Waals surface area contributed by atoms with Crippen LogP contribution in [0.3, 0.4) is 0 Å². The number of pyridine rings is 2. The van der Waals surface area contributed by atoms with E-state index in [1.807, 2.05) is 48.5 Å². The molecular weight excluding hydrogens is 781 g/mol. The quantitative estimate of drug-likeness (QED) is 0.0383. The minimum Gasteiger partial charge on any atom is -0.497 e. The molecule has 0 radical (unpaired) electrons. The number of fused-ring (bicyclic) bond motifs is 2. The van der Waals surface area contributed by atoms with Crippen molar-refractivity contribution in [3.05, 3.63) is 72.1 Å². The molecule has 4 heterocycles. The van der Waals surface area contributed by atoms with Crippen LogP contribution in [-0.4, -0.2) is 134 Å². The number of ether oxygens (including phenoxy) is 4. The van der Waals surface area contributed by atoms with Crippen LogP contribution < -0.4 is 9.47 Å². The Kier molecular flexibility index (Phi) is 19.1. The Balaban J connectivity index is 1.16. The van der Waals surface area contributed by atoms with Gasteiger partial charge < -0.3 is 28.7 Å². The lowest BCUT2D eigenvalue weighted by Crippen LogP contribution is -2.48. The van der Waals surface area contributed by atoms with Gasteiger partial charge in [0.1, 0.15) is 23.7 Å². The molecule has 0 bridgehead atoms. The molecule has 2 aromatic carbocycles. The fourth-order valence-electron chi connectivity index (χ4n) is 8.95. The summed E-state index contributed by atoms with van der Waals surface area (Å²) in [5, 5.41) is 1.62. The highest BCUT2D eigenvalue weighted by molar-refractivity contribution is 6.29. The van der Waals surface area contributed by atoms with Crippen molar-refractivity contribution in [1.82, 2.24) is 29.6 Å². The van der Waals surface area contributed by atoms with E-state index >= 15 is 0 Å². The van der Waals surface area contributed by atoms with E-state index < -0.39 is 24.1 Å². The van der Waals surface area contributed by atoms with Crippen LogP contribution in [0.2, 0.25) is 0 Å². The van der Waals surface area contributed by atoms with Gasteiger partial charge in [-0.2, -0.15) is 0 Å². The van der Waals surface area contributed by atoms with Crippen molar-refractivity contribution < 1.29 is 28.5 Å². The van der Waals surface area contributed by atoms with Crippen LogP contribution in [0.5, 0.6) is 11.5 Å². The van der Waals surface area contributed by atoms with Crippen molar-refractivity contribution in [3.63, 3.8) is 0 Å². The average molecular weight is 853 g/mol. The number of carbonyl (C=O) groups is 2. The molecule has 0 unspecified atom stereocenters. The molecule has 0 amide bonds. The SMILES string of the molecule is CCCCCCCCN1CCN(C[C@@H](OC(=O)C(=O)O[C@H](CN2CCN(CCCCCCCC)CC2)c2ccnc3ccc(OC)cc23)c2ccnc3ccc(OC)cc23)CC1. The van der Waals surface area contributed by atoms with Crippen LogP contribution in [0.15, 0.2) is 60.9 Å². The Hall–Kier alpha value is -4.36. The van der Waals surface area contributed by atoms with Crippen molar-refractivity contribution in [3.8, 4) is 11.5 Å². The Bertz CT molecular complexity index is 1840. The Morgan fingerprint density at radius 3 is 1.27 bits per heavy atom. The zero-order valence-corrected chi connectivity index (χ0v) is 38.0. The highest BCUT2D eigenvalue weighted by Gasteiger charge is 2.32. The van der Waals surface area contributed by atoms with Gasteiger partial charge in [0.2, 0.25) is 0 Å². The third-order valence-corrected chi connectivity index (χ3v) is 12.8. The highest BCUT2D eigenvalue weighted by Crippen LogP contribution is 2.32. The van der Waals surface area contributed by atoms with Crippen LogP contribution >= 0.6 is 0 Å². The predicted molar refractivity (Wildman–Crippen MR) is 247 cm³/mol. The van der Waals surface area contributed by atoms with Crippen LogP contribution in [0, 0.1) is 0 Å². The molecule has 2 aliphatic rings. The number of carbonyl (C=O) groups excluding carboxylic acids is 2. The average Bonchev–Trinajstić information content (AvgIpc) is 3.31. The predicted octanol–water partition coefficient (Wildman–Crippen LogP) is 8.63. The smallest absolute Gasteiger partial charge is 0.418 e. The number of rotatable bonds is 24. The molecule has 12 nitrogen and oxygen atoms in total. The van der Waals surface area contributed by atoms with Gasteiger partial charge in [0.25, 0.3) is 0 Å². The summed E-state index contributed by atoms with van der Waals surface area (Å²) in [5.41, 5.74) is 3.05. The van der Waals surface area contributed by atoms with E-state index in [1.54, 1.807) is 26.6 Å². The second-order valence-electron chi connectivity index (χ2n) is 17.2. The van der Waals surface area contributed by atoms with E-state index in [4.69, 9.17) is 18.9 Å². The lowest BCUT2D eigenvalue weighted by molar-refractivity contribution is -0.175. The largest absolute Gasteiger partial charge is 0.497 e. The fraction of sp³-hybridized carbons (Fsp3) is 0.600. The van der Waals surface area contributed by atoms with Crippen molar-refractivity contribution >= 4 is 33.7 Å². The third kappa shape index (κ3) is 13.8. The summed E-state index contributed by atoms with van der Waals surface area (Å²) in [5.74, 6) is -0.692. The molecule has 2 aromatic heterocycles. The first-order chi connectivity index (χ1) is 30.4. The maximum atomic E-state index is 14.1. The van der Waals surface area contributed by atoms with Gasteiger partial charge in [0, 0.05) is 99.7 Å². The molecule has 12 heteroatoms. The van der Waals surface area contributed by atoms with Gasteiger partial charge >= 0.3 is 11.9 Å². The van der Waals surface area contributed by atoms with E-state index in [0.717, 1.165) is 98.4 Å². The summed E-state index contributed by atoms with van der Waals surface area (Å²) >= 11 is 0. The monoisotopic (exact) mass is 853 g/mol. The molecule has 338 valence electrons. The molecule has 6 rings (SSSR count). The Morgan fingerprint density at radius 1 is 0.516 bits per heavy atom. The number of esters is 2. The molecule has 62 heavy (non-hydrogen) atoms. The van der Waals surface area contributed by atoms with E-state index in [-0.39, 0.29) is 0 Å². The van der Waals surface area contributed by atoms with Gasteiger partial charge in [-0.05, 0) is 74.5 Å². The normalized spacial score (nSPS) is 16.6. The molecule has 0 spiro atoms. The molecule has 2 fully saturated rings. The fourth-order valence-corrected chi connectivity index (χ4v) is 8.95. The molecule has 4 aromatic rings. The number of benzene rings is 2. The Morgan fingerprint density at radius 2 is 0.887 bits per heavy atom. The second-order valence-corrected chi connectivity index (χ2v) is 17.2. The first kappa shape index (κ1) is 47.1. The zero-order valence-electron chi connectivity index (χ0n) is 38.0. The van der Waals surface area contributed by atoms with Gasteiger partial charge in [-0.3, -0.25) is 19.8 Å². The van der Waals surface area contributed by atoms with E-state index in [2.05, 4.69) is 43.4 Å². The number of aromatic nitrogens is 2. The van der Waals surface area contributed by atoms with Crippen molar-refractivity contribution in [2.75, 3.05) is 92.8 Å². The molecule has 2 saturated heterocycles. The van der Waals surface area contributed by atoms with Crippen LogP contribution in [0.1, 0.15) is 114 Å². The number of unbranched alkanes of at least 4 members (excludes halogenated alkanes) is 10.